The number of benzene rings is 1. The SMILES string of the molecule is Cc1cc(/C=C/C(=O)OCC(=O)N[C@@H](C)c2ccccc2Cl)c(C)n1C1CC1. The first-order valence-electron chi connectivity index (χ1n) is 9.44. The molecule has 1 saturated carbocycles. The van der Waals surface area contributed by atoms with Gasteiger partial charge in [0, 0.05) is 28.5 Å². The van der Waals surface area contributed by atoms with Crippen LogP contribution in [0.15, 0.2) is 36.4 Å². The fraction of sp³-hybridized carbons (Fsp3) is 0.364. The molecule has 6 heteroatoms. The lowest BCUT2D eigenvalue weighted by Gasteiger charge is -2.15. The van der Waals surface area contributed by atoms with Crippen LogP contribution < -0.4 is 5.32 Å². The van der Waals surface area contributed by atoms with Crippen molar-refractivity contribution in [1.82, 2.24) is 9.88 Å². The van der Waals surface area contributed by atoms with Crippen molar-refractivity contribution in [3.05, 3.63) is 63.9 Å². The lowest BCUT2D eigenvalue weighted by molar-refractivity contribution is -0.144. The first-order valence-corrected chi connectivity index (χ1v) is 9.81. The Bertz CT molecular complexity index is 913. The van der Waals surface area contributed by atoms with E-state index in [1.807, 2.05) is 25.1 Å². The number of nitrogens with one attached hydrogen (secondary N) is 1. The first kappa shape index (κ1) is 20.2. The van der Waals surface area contributed by atoms with Gasteiger partial charge < -0.3 is 14.6 Å². The molecule has 1 aromatic carbocycles. The second-order valence-corrected chi connectivity index (χ2v) is 7.59. The number of hydrogen-bond acceptors (Lipinski definition) is 3. The summed E-state index contributed by atoms with van der Waals surface area (Å²) in [4.78, 5) is 24.0. The molecule has 1 aliphatic carbocycles. The molecule has 1 aromatic heterocycles. The Morgan fingerprint density at radius 2 is 2.04 bits per heavy atom. The van der Waals surface area contributed by atoms with E-state index in [4.69, 9.17) is 16.3 Å². The fourth-order valence-electron chi connectivity index (χ4n) is 3.40. The normalized spacial score (nSPS) is 14.9. The molecule has 1 aliphatic rings. The highest BCUT2D eigenvalue weighted by molar-refractivity contribution is 6.31. The van der Waals surface area contributed by atoms with Gasteiger partial charge in [-0.05, 0) is 62.9 Å². The molecule has 0 radical (unpaired) electrons. The largest absolute Gasteiger partial charge is 0.452 e. The highest BCUT2D eigenvalue weighted by Crippen LogP contribution is 2.38. The number of carbonyl (C=O) groups is 2. The maximum Gasteiger partial charge on any atom is 0.331 e. The average molecular weight is 401 g/mol. The summed E-state index contributed by atoms with van der Waals surface area (Å²) in [7, 11) is 0. The second kappa shape index (κ2) is 8.65. The predicted molar refractivity (Wildman–Crippen MR) is 110 cm³/mol. The zero-order valence-electron chi connectivity index (χ0n) is 16.4. The second-order valence-electron chi connectivity index (χ2n) is 7.18. The van der Waals surface area contributed by atoms with Gasteiger partial charge in [0.05, 0.1) is 6.04 Å². The zero-order chi connectivity index (χ0) is 20.3. The van der Waals surface area contributed by atoms with Crippen LogP contribution in [0, 0.1) is 13.8 Å². The molecule has 1 amide bonds. The topological polar surface area (TPSA) is 60.3 Å². The van der Waals surface area contributed by atoms with E-state index >= 15 is 0 Å². The predicted octanol–water partition coefficient (Wildman–Crippen LogP) is 4.53. The maximum absolute atomic E-state index is 12.0. The van der Waals surface area contributed by atoms with E-state index in [-0.39, 0.29) is 18.6 Å². The number of carbonyl (C=O) groups excluding carboxylic acids is 2. The quantitative estimate of drug-likeness (QED) is 0.548. The van der Waals surface area contributed by atoms with Gasteiger partial charge in [0.25, 0.3) is 5.91 Å². The Morgan fingerprint density at radius 1 is 1.32 bits per heavy atom. The number of rotatable bonds is 7. The van der Waals surface area contributed by atoms with Gasteiger partial charge >= 0.3 is 5.97 Å². The average Bonchev–Trinajstić information content (AvgIpc) is 3.44. The minimum Gasteiger partial charge on any atom is -0.452 e. The molecule has 0 aliphatic heterocycles. The minimum absolute atomic E-state index is 0.275. The number of aryl methyl sites for hydroxylation is 1. The van der Waals surface area contributed by atoms with E-state index in [0.29, 0.717) is 11.1 Å². The molecule has 1 heterocycles. The highest BCUT2D eigenvalue weighted by atomic mass is 35.5. The van der Waals surface area contributed by atoms with Crippen LogP contribution in [0.2, 0.25) is 5.02 Å². The molecule has 0 bridgehead atoms. The summed E-state index contributed by atoms with van der Waals surface area (Å²) in [5.74, 6) is -0.919. The highest BCUT2D eigenvalue weighted by Gasteiger charge is 2.26. The Kier molecular flexibility index (Phi) is 6.25. The summed E-state index contributed by atoms with van der Waals surface area (Å²) >= 11 is 6.13. The molecule has 1 N–H and O–H groups in total. The monoisotopic (exact) mass is 400 g/mol. The lowest BCUT2D eigenvalue weighted by Crippen LogP contribution is -2.31. The molecule has 0 spiro atoms. The molecule has 3 rings (SSSR count). The number of halogens is 1. The van der Waals surface area contributed by atoms with Crippen LogP contribution in [-0.2, 0) is 14.3 Å². The van der Waals surface area contributed by atoms with Gasteiger partial charge in [0.2, 0.25) is 0 Å². The van der Waals surface area contributed by atoms with Crippen LogP contribution in [-0.4, -0.2) is 23.1 Å². The van der Waals surface area contributed by atoms with Crippen molar-refractivity contribution in [2.24, 2.45) is 0 Å². The standard InChI is InChI=1S/C22H25ClN2O3/c1-14-12-17(16(3)25(14)18-9-10-18)8-11-22(27)28-13-21(26)24-15(2)19-6-4-5-7-20(19)23/h4-8,11-12,15,18H,9-10,13H2,1-3H3,(H,24,26)/b11-8+/t15-/m0/s1. The molecule has 1 fully saturated rings. The first-order chi connectivity index (χ1) is 13.4. The maximum atomic E-state index is 12.0. The smallest absolute Gasteiger partial charge is 0.331 e. The Hall–Kier alpha value is -2.53. The lowest BCUT2D eigenvalue weighted by atomic mass is 10.1. The van der Waals surface area contributed by atoms with Crippen LogP contribution in [0.4, 0.5) is 0 Å². The molecule has 148 valence electrons. The summed E-state index contributed by atoms with van der Waals surface area (Å²) < 4.78 is 7.37. The summed E-state index contributed by atoms with van der Waals surface area (Å²) in [5, 5.41) is 3.36. The molecule has 0 unspecified atom stereocenters. The zero-order valence-corrected chi connectivity index (χ0v) is 17.1. The number of ether oxygens (including phenoxy) is 1. The molecule has 28 heavy (non-hydrogen) atoms. The van der Waals surface area contributed by atoms with Gasteiger partial charge in [-0.3, -0.25) is 4.79 Å². The molecule has 0 saturated heterocycles. The number of nitrogens with zero attached hydrogens (tertiary/aromatic N) is 1. The molecular weight excluding hydrogens is 376 g/mol. The van der Waals surface area contributed by atoms with Gasteiger partial charge in [-0.15, -0.1) is 0 Å². The van der Waals surface area contributed by atoms with Crippen LogP contribution in [0.25, 0.3) is 6.08 Å². The van der Waals surface area contributed by atoms with E-state index in [1.165, 1.54) is 24.6 Å². The van der Waals surface area contributed by atoms with E-state index in [2.05, 4.69) is 29.8 Å². The fourth-order valence-corrected chi connectivity index (χ4v) is 3.70. The number of hydrogen-bond donors (Lipinski definition) is 1. The van der Waals surface area contributed by atoms with Crippen molar-refractivity contribution in [2.75, 3.05) is 6.61 Å². The van der Waals surface area contributed by atoms with Crippen molar-refractivity contribution >= 4 is 29.6 Å². The number of amides is 1. The number of esters is 1. The van der Waals surface area contributed by atoms with Crippen molar-refractivity contribution < 1.29 is 14.3 Å². The third-order valence-corrected chi connectivity index (χ3v) is 5.27. The summed E-state index contributed by atoms with van der Waals surface area (Å²) in [6.07, 6.45) is 5.53. The van der Waals surface area contributed by atoms with E-state index in [0.717, 1.165) is 16.8 Å². The van der Waals surface area contributed by atoms with E-state index < -0.39 is 5.97 Å². The Balaban J connectivity index is 1.50. The summed E-state index contributed by atoms with van der Waals surface area (Å²) in [6.45, 7) is 5.63. The summed E-state index contributed by atoms with van der Waals surface area (Å²) in [6, 6.07) is 9.69. The molecular formula is C22H25ClN2O3. The van der Waals surface area contributed by atoms with Crippen molar-refractivity contribution in [3.8, 4) is 0 Å². The summed E-state index contributed by atoms with van der Waals surface area (Å²) in [5.41, 5.74) is 4.16. The van der Waals surface area contributed by atoms with Crippen LogP contribution in [0.1, 0.15) is 54.4 Å². The van der Waals surface area contributed by atoms with Crippen LogP contribution in [0.5, 0.6) is 0 Å². The van der Waals surface area contributed by atoms with E-state index in [9.17, 15) is 9.59 Å². The van der Waals surface area contributed by atoms with E-state index in [1.54, 1.807) is 12.1 Å². The van der Waals surface area contributed by atoms with Gasteiger partial charge in [-0.1, -0.05) is 29.8 Å². The van der Waals surface area contributed by atoms with Gasteiger partial charge in [-0.25, -0.2) is 4.79 Å². The molecule has 5 nitrogen and oxygen atoms in total. The third kappa shape index (κ3) is 4.84. The van der Waals surface area contributed by atoms with Crippen molar-refractivity contribution in [1.29, 1.82) is 0 Å². The minimum atomic E-state index is -0.545. The third-order valence-electron chi connectivity index (χ3n) is 4.93. The van der Waals surface area contributed by atoms with Crippen molar-refractivity contribution in [2.45, 2.75) is 45.7 Å². The van der Waals surface area contributed by atoms with Gasteiger partial charge in [0.15, 0.2) is 6.61 Å². The van der Waals surface area contributed by atoms with Crippen LogP contribution in [0.3, 0.4) is 0 Å². The van der Waals surface area contributed by atoms with Gasteiger partial charge in [-0.2, -0.15) is 0 Å². The van der Waals surface area contributed by atoms with Gasteiger partial charge in [0.1, 0.15) is 0 Å². The Labute approximate surface area is 170 Å². The molecule has 1 atom stereocenters. The Morgan fingerprint density at radius 3 is 2.71 bits per heavy atom. The number of aromatic nitrogens is 1. The van der Waals surface area contributed by atoms with Crippen LogP contribution >= 0.6 is 11.6 Å². The van der Waals surface area contributed by atoms with Crippen molar-refractivity contribution in [3.63, 3.8) is 0 Å². The molecule has 2 aromatic rings.